The van der Waals surface area contributed by atoms with E-state index in [-0.39, 0.29) is 69.9 Å². The molecule has 3 unspecified atom stereocenters. The molecular formula is C42H78N4O5. The van der Waals surface area contributed by atoms with Gasteiger partial charge in [0.2, 0.25) is 5.91 Å². The van der Waals surface area contributed by atoms with Crippen LogP contribution in [-0.4, -0.2) is 79.7 Å². The molecule has 7 N–H and O–H groups in total. The molecule has 0 aromatic rings. The minimum atomic E-state index is -0.485. The van der Waals surface area contributed by atoms with Gasteiger partial charge in [-0.25, -0.2) is 0 Å². The van der Waals surface area contributed by atoms with E-state index in [0.29, 0.717) is 24.8 Å². The Kier molecular flexibility index (Phi) is 15.7. The summed E-state index contributed by atoms with van der Waals surface area (Å²) in [4.78, 5) is 27.0. The molecule has 1 amide bonds. The van der Waals surface area contributed by atoms with E-state index in [9.17, 15) is 19.8 Å². The Bertz CT molecular complexity index is 1110. The normalized spacial score (nSPS) is 38.1. The van der Waals surface area contributed by atoms with E-state index in [0.717, 1.165) is 116 Å². The lowest BCUT2D eigenvalue weighted by Crippen LogP contribution is -2.66. The van der Waals surface area contributed by atoms with Crippen LogP contribution >= 0.6 is 0 Å². The zero-order chi connectivity index (χ0) is 37.4. The van der Waals surface area contributed by atoms with Gasteiger partial charge in [-0.05, 0) is 156 Å². The number of unbranched alkanes of at least 4 members (excludes halogenated alkanes) is 2. The lowest BCUT2D eigenvalue weighted by Gasteiger charge is -2.69. The molecule has 0 saturated heterocycles. The number of aliphatic hydroxyl groups is 2. The van der Waals surface area contributed by atoms with Crippen LogP contribution in [-0.2, 0) is 14.3 Å². The molecule has 0 aliphatic heterocycles. The maximum Gasteiger partial charge on any atom is 0.302 e. The van der Waals surface area contributed by atoms with Gasteiger partial charge in [-0.15, -0.1) is 0 Å². The zero-order valence-electron chi connectivity index (χ0n) is 33.6. The van der Waals surface area contributed by atoms with Crippen LogP contribution in [0.15, 0.2) is 0 Å². The number of nitrogens with one attached hydrogen (secondary N) is 3. The van der Waals surface area contributed by atoms with Crippen LogP contribution in [0, 0.1) is 57.7 Å². The highest BCUT2D eigenvalue weighted by atomic mass is 16.5. The summed E-state index contributed by atoms with van der Waals surface area (Å²) in [7, 11) is 0. The van der Waals surface area contributed by atoms with Gasteiger partial charge in [0.25, 0.3) is 0 Å². The first kappa shape index (κ1) is 42.5. The van der Waals surface area contributed by atoms with E-state index < -0.39 is 6.10 Å². The standard InChI is InChI=1S/C42H78N4O5/c1-28(2)14-12-15-31(39(50)46-25-11-10-22-45-24-13-23-44-21-9-8-20-43)37-33-26-35(49)38-40(5)18-17-34(48)29(3)32(40)16-19-41(38,6)42(33,7)27-36(37)51-30(4)47/h28-29,31-38,44-45,48-49H,8-27,43H2,1-7H3,(H,46,50)/t29-,31-,32?,33?,34-,35+,36-,37-,38?,40-,41-,42-/m0/s1. The van der Waals surface area contributed by atoms with Crippen LogP contribution in [0.1, 0.15) is 138 Å². The molecule has 12 atom stereocenters. The molecule has 0 aromatic heterocycles. The number of nitrogens with two attached hydrogens (primary N) is 1. The molecule has 9 heteroatoms. The summed E-state index contributed by atoms with van der Waals surface area (Å²) in [6.07, 6.45) is 12.0. The number of hydrogen-bond acceptors (Lipinski definition) is 8. The molecular weight excluding hydrogens is 640 g/mol. The molecule has 4 rings (SSSR count). The Hall–Kier alpha value is -1.26. The van der Waals surface area contributed by atoms with Crippen molar-refractivity contribution in [1.82, 2.24) is 16.0 Å². The molecule has 0 bridgehead atoms. The number of ether oxygens (including phenoxy) is 1. The van der Waals surface area contributed by atoms with Gasteiger partial charge in [-0.3, -0.25) is 9.59 Å². The third kappa shape index (κ3) is 9.52. The van der Waals surface area contributed by atoms with Crippen LogP contribution in [0.3, 0.4) is 0 Å². The third-order valence-corrected chi connectivity index (χ3v) is 15.0. The fraction of sp³-hybridized carbons (Fsp3) is 0.952. The lowest BCUT2D eigenvalue weighted by atomic mass is 9.36. The highest BCUT2D eigenvalue weighted by Gasteiger charge is 2.72. The minimum absolute atomic E-state index is 0.0573. The van der Waals surface area contributed by atoms with Crippen LogP contribution in [0.25, 0.3) is 0 Å². The van der Waals surface area contributed by atoms with E-state index >= 15 is 0 Å². The number of rotatable bonds is 20. The fourth-order valence-electron chi connectivity index (χ4n) is 12.3. The average Bonchev–Trinajstić information content (AvgIpc) is 3.34. The van der Waals surface area contributed by atoms with Crippen molar-refractivity contribution in [1.29, 1.82) is 0 Å². The van der Waals surface area contributed by atoms with Crippen LogP contribution in [0.5, 0.6) is 0 Å². The van der Waals surface area contributed by atoms with E-state index in [4.69, 9.17) is 10.5 Å². The third-order valence-electron chi connectivity index (χ3n) is 15.0. The van der Waals surface area contributed by atoms with Gasteiger partial charge in [0.1, 0.15) is 6.10 Å². The van der Waals surface area contributed by atoms with Crippen molar-refractivity contribution in [3.8, 4) is 0 Å². The van der Waals surface area contributed by atoms with Gasteiger partial charge >= 0.3 is 5.97 Å². The largest absolute Gasteiger partial charge is 0.462 e. The molecule has 0 heterocycles. The smallest absolute Gasteiger partial charge is 0.302 e. The summed E-state index contributed by atoms with van der Waals surface area (Å²) in [5.41, 5.74) is 5.16. The number of esters is 1. The number of fused-ring (bicyclic) bond motifs is 5. The highest BCUT2D eigenvalue weighted by molar-refractivity contribution is 5.79. The maximum atomic E-state index is 14.3. The van der Waals surface area contributed by atoms with Crippen molar-refractivity contribution in [2.75, 3.05) is 39.3 Å². The molecule has 4 aliphatic carbocycles. The van der Waals surface area contributed by atoms with Crippen molar-refractivity contribution < 1.29 is 24.5 Å². The van der Waals surface area contributed by atoms with Crippen LogP contribution in [0.4, 0.5) is 0 Å². The zero-order valence-corrected chi connectivity index (χ0v) is 33.6. The maximum absolute atomic E-state index is 14.3. The molecule has 0 spiro atoms. The van der Waals surface area contributed by atoms with E-state index in [2.05, 4.69) is 57.5 Å². The van der Waals surface area contributed by atoms with Crippen molar-refractivity contribution in [2.24, 2.45) is 63.4 Å². The molecule has 296 valence electrons. The van der Waals surface area contributed by atoms with Gasteiger partial charge in [-0.2, -0.15) is 0 Å². The van der Waals surface area contributed by atoms with Crippen molar-refractivity contribution in [2.45, 2.75) is 157 Å². The second-order valence-electron chi connectivity index (χ2n) is 18.5. The van der Waals surface area contributed by atoms with Crippen LogP contribution in [0.2, 0.25) is 0 Å². The summed E-state index contributed by atoms with van der Waals surface area (Å²) in [5.74, 6) is 0.766. The predicted octanol–water partition coefficient (Wildman–Crippen LogP) is 5.80. The molecule has 4 saturated carbocycles. The molecule has 9 nitrogen and oxygen atoms in total. The molecule has 4 fully saturated rings. The first-order valence-electron chi connectivity index (χ1n) is 21.1. The van der Waals surface area contributed by atoms with Gasteiger partial charge in [0, 0.05) is 25.3 Å². The highest BCUT2D eigenvalue weighted by Crippen LogP contribution is 2.74. The minimum Gasteiger partial charge on any atom is -0.462 e. The number of hydrogen-bond donors (Lipinski definition) is 6. The molecule has 0 radical (unpaired) electrons. The van der Waals surface area contributed by atoms with Gasteiger partial charge in [0.15, 0.2) is 0 Å². The average molecular weight is 719 g/mol. The summed E-state index contributed by atoms with van der Waals surface area (Å²) >= 11 is 0. The van der Waals surface area contributed by atoms with Gasteiger partial charge in [0.05, 0.1) is 12.2 Å². The number of carbonyl (C=O) groups is 2. The quantitative estimate of drug-likeness (QED) is 0.0685. The summed E-state index contributed by atoms with van der Waals surface area (Å²) < 4.78 is 6.23. The Morgan fingerprint density at radius 2 is 1.47 bits per heavy atom. The number of amides is 1. The molecule has 4 aliphatic rings. The number of carbonyl (C=O) groups excluding carboxylic acids is 2. The van der Waals surface area contributed by atoms with Crippen molar-refractivity contribution >= 4 is 11.9 Å². The van der Waals surface area contributed by atoms with Crippen molar-refractivity contribution in [3.63, 3.8) is 0 Å². The van der Waals surface area contributed by atoms with E-state index in [1.165, 1.54) is 6.92 Å². The summed E-state index contributed by atoms with van der Waals surface area (Å²) in [5, 5.41) is 33.5. The van der Waals surface area contributed by atoms with E-state index in [1.807, 2.05) is 0 Å². The Labute approximate surface area is 311 Å². The van der Waals surface area contributed by atoms with Crippen LogP contribution < -0.4 is 21.7 Å². The van der Waals surface area contributed by atoms with Gasteiger partial charge in [-0.1, -0.05) is 54.4 Å². The fourth-order valence-corrected chi connectivity index (χ4v) is 12.3. The first-order chi connectivity index (χ1) is 24.2. The summed E-state index contributed by atoms with van der Waals surface area (Å²) in [6, 6.07) is 0. The summed E-state index contributed by atoms with van der Waals surface area (Å²) in [6.45, 7) is 20.8. The Morgan fingerprint density at radius 1 is 0.824 bits per heavy atom. The molecule has 0 aromatic carbocycles. The SMILES string of the molecule is CC(=O)O[C@H]1C[C@@]2(C)C(C[C@@H](O)C3[C@@]4(C)CC[C@H](O)[C@@H](C)C4CC[C@@]32C)[C@@H]1[C@H](CCCC(C)C)C(=O)NCCCCNCCCNCCCCN. The molecule has 51 heavy (non-hydrogen) atoms. The topological polar surface area (TPSA) is 146 Å². The Balaban J connectivity index is 1.45. The first-order valence-corrected chi connectivity index (χ1v) is 21.1. The second kappa shape index (κ2) is 18.9. The lowest BCUT2D eigenvalue weighted by molar-refractivity contribution is -0.239. The van der Waals surface area contributed by atoms with Gasteiger partial charge < -0.3 is 36.6 Å². The number of aliphatic hydroxyl groups excluding tert-OH is 2. The Morgan fingerprint density at radius 3 is 2.12 bits per heavy atom. The van der Waals surface area contributed by atoms with E-state index in [1.54, 1.807) is 0 Å². The monoisotopic (exact) mass is 719 g/mol. The predicted molar refractivity (Wildman–Crippen MR) is 206 cm³/mol. The van der Waals surface area contributed by atoms with Crippen molar-refractivity contribution in [3.05, 3.63) is 0 Å². The second-order valence-corrected chi connectivity index (χ2v) is 18.5.